The van der Waals surface area contributed by atoms with Crippen LogP contribution in [0.3, 0.4) is 0 Å². The van der Waals surface area contributed by atoms with Gasteiger partial charge in [0, 0.05) is 37.1 Å². The molecule has 1 fully saturated rings. The molecule has 0 saturated carbocycles. The first-order valence-electron chi connectivity index (χ1n) is 7.59. The minimum Gasteiger partial charge on any atom is -0.309 e. The zero-order chi connectivity index (χ0) is 14.8. The highest BCUT2D eigenvalue weighted by Crippen LogP contribution is 2.30. The van der Waals surface area contributed by atoms with Crippen LogP contribution in [-0.4, -0.2) is 39.5 Å². The van der Waals surface area contributed by atoms with Gasteiger partial charge >= 0.3 is 0 Å². The second-order valence-corrected chi connectivity index (χ2v) is 7.25. The lowest BCUT2D eigenvalue weighted by Gasteiger charge is -2.50. The van der Waals surface area contributed by atoms with Crippen molar-refractivity contribution in [2.75, 3.05) is 13.1 Å². The molecule has 2 rings (SSSR count). The molecule has 2 atom stereocenters. The molecule has 0 radical (unpaired) electrons. The van der Waals surface area contributed by atoms with Crippen molar-refractivity contribution in [1.29, 1.82) is 0 Å². The first-order chi connectivity index (χ1) is 9.34. The fourth-order valence-corrected chi connectivity index (χ4v) is 2.94. The molecule has 1 aromatic heterocycles. The van der Waals surface area contributed by atoms with Crippen LogP contribution >= 0.6 is 0 Å². The molecule has 0 aromatic carbocycles. The molecular formula is C16H28N4. The number of hydrogen-bond donors (Lipinski definition) is 1. The number of hydrogen-bond acceptors (Lipinski definition) is 4. The standard InChI is InChI=1S/C16H28N4/c1-6-16(5)12-20(11-14-17-8-7-9-18-14)13(10-19-16)15(2,3)4/h7-9,13,19H,6,10-12H2,1-5H3. The van der Waals surface area contributed by atoms with Crippen molar-refractivity contribution in [3.8, 4) is 0 Å². The lowest BCUT2D eigenvalue weighted by molar-refractivity contribution is 0.0187. The van der Waals surface area contributed by atoms with Gasteiger partial charge in [-0.15, -0.1) is 0 Å². The Bertz CT molecular complexity index is 426. The van der Waals surface area contributed by atoms with Crippen molar-refractivity contribution in [2.24, 2.45) is 5.41 Å². The molecule has 1 aromatic rings. The zero-order valence-corrected chi connectivity index (χ0v) is 13.5. The van der Waals surface area contributed by atoms with Gasteiger partial charge in [0.1, 0.15) is 5.82 Å². The molecule has 0 aliphatic carbocycles. The molecule has 0 bridgehead atoms. The Morgan fingerprint density at radius 2 is 2.00 bits per heavy atom. The van der Waals surface area contributed by atoms with E-state index in [1.165, 1.54) is 0 Å². The molecule has 2 unspecified atom stereocenters. The van der Waals surface area contributed by atoms with Crippen LogP contribution in [0.15, 0.2) is 18.5 Å². The summed E-state index contributed by atoms with van der Waals surface area (Å²) in [6.45, 7) is 14.4. The number of aromatic nitrogens is 2. The number of nitrogens with one attached hydrogen (secondary N) is 1. The van der Waals surface area contributed by atoms with E-state index in [1.807, 2.05) is 18.5 Å². The fourth-order valence-electron chi connectivity index (χ4n) is 2.94. The van der Waals surface area contributed by atoms with Gasteiger partial charge < -0.3 is 5.32 Å². The maximum absolute atomic E-state index is 4.39. The van der Waals surface area contributed by atoms with E-state index >= 15 is 0 Å². The Hall–Kier alpha value is -1.00. The van der Waals surface area contributed by atoms with E-state index in [9.17, 15) is 0 Å². The predicted molar refractivity (Wildman–Crippen MR) is 82.4 cm³/mol. The SMILES string of the molecule is CCC1(C)CN(Cc2ncccn2)C(C(C)(C)C)CN1. The van der Waals surface area contributed by atoms with Gasteiger partial charge in [-0.1, -0.05) is 27.7 Å². The third-order valence-corrected chi connectivity index (χ3v) is 4.46. The molecule has 20 heavy (non-hydrogen) atoms. The summed E-state index contributed by atoms with van der Waals surface area (Å²) < 4.78 is 0. The Morgan fingerprint density at radius 3 is 2.55 bits per heavy atom. The van der Waals surface area contributed by atoms with E-state index in [0.29, 0.717) is 6.04 Å². The third-order valence-electron chi connectivity index (χ3n) is 4.46. The number of nitrogens with zero attached hydrogens (tertiary/aromatic N) is 3. The quantitative estimate of drug-likeness (QED) is 0.921. The molecule has 112 valence electrons. The summed E-state index contributed by atoms with van der Waals surface area (Å²) in [6.07, 6.45) is 4.79. The minimum atomic E-state index is 0.191. The van der Waals surface area contributed by atoms with Gasteiger partial charge in [0.05, 0.1) is 6.54 Å². The number of piperazine rings is 1. The lowest BCUT2D eigenvalue weighted by Crippen LogP contribution is -2.65. The van der Waals surface area contributed by atoms with Gasteiger partial charge in [-0.25, -0.2) is 9.97 Å². The molecule has 2 heterocycles. The van der Waals surface area contributed by atoms with Crippen LogP contribution in [0.5, 0.6) is 0 Å². The van der Waals surface area contributed by atoms with Crippen LogP contribution in [0, 0.1) is 5.41 Å². The van der Waals surface area contributed by atoms with Gasteiger partial charge in [-0.05, 0) is 24.8 Å². The summed E-state index contributed by atoms with van der Waals surface area (Å²) >= 11 is 0. The van der Waals surface area contributed by atoms with E-state index in [0.717, 1.165) is 31.9 Å². The maximum Gasteiger partial charge on any atom is 0.142 e. The molecule has 0 amide bonds. The van der Waals surface area contributed by atoms with Crippen LogP contribution in [0.4, 0.5) is 0 Å². The molecule has 0 spiro atoms. The van der Waals surface area contributed by atoms with E-state index in [1.54, 1.807) is 0 Å². The van der Waals surface area contributed by atoms with Crippen molar-refractivity contribution in [3.05, 3.63) is 24.3 Å². The summed E-state index contributed by atoms with van der Waals surface area (Å²) in [7, 11) is 0. The smallest absolute Gasteiger partial charge is 0.142 e. The topological polar surface area (TPSA) is 41.1 Å². The Morgan fingerprint density at radius 1 is 1.35 bits per heavy atom. The van der Waals surface area contributed by atoms with Crippen molar-refractivity contribution in [2.45, 2.75) is 59.2 Å². The molecule has 4 heteroatoms. The van der Waals surface area contributed by atoms with Gasteiger partial charge in [0.25, 0.3) is 0 Å². The normalized spacial score (nSPS) is 28.6. The maximum atomic E-state index is 4.39. The van der Waals surface area contributed by atoms with Crippen LogP contribution in [0.1, 0.15) is 46.9 Å². The van der Waals surface area contributed by atoms with Crippen molar-refractivity contribution in [1.82, 2.24) is 20.2 Å². The highest BCUT2D eigenvalue weighted by atomic mass is 15.3. The van der Waals surface area contributed by atoms with Crippen LogP contribution in [0.25, 0.3) is 0 Å². The average molecular weight is 276 g/mol. The second-order valence-electron chi connectivity index (χ2n) is 7.25. The predicted octanol–water partition coefficient (Wildman–Crippen LogP) is 2.47. The van der Waals surface area contributed by atoms with Crippen molar-refractivity contribution >= 4 is 0 Å². The van der Waals surface area contributed by atoms with E-state index in [4.69, 9.17) is 0 Å². The summed E-state index contributed by atoms with van der Waals surface area (Å²) in [4.78, 5) is 11.3. The Labute approximate surface area is 123 Å². The largest absolute Gasteiger partial charge is 0.309 e. The Kier molecular flexibility index (Phi) is 4.45. The average Bonchev–Trinajstić information content (AvgIpc) is 2.38. The highest BCUT2D eigenvalue weighted by molar-refractivity contribution is 5.00. The first kappa shape index (κ1) is 15.4. The monoisotopic (exact) mass is 276 g/mol. The zero-order valence-electron chi connectivity index (χ0n) is 13.5. The lowest BCUT2D eigenvalue weighted by atomic mass is 9.81. The molecule has 4 nitrogen and oxygen atoms in total. The van der Waals surface area contributed by atoms with Gasteiger partial charge in [-0.2, -0.15) is 0 Å². The molecular weight excluding hydrogens is 248 g/mol. The van der Waals surface area contributed by atoms with Crippen molar-refractivity contribution in [3.63, 3.8) is 0 Å². The van der Waals surface area contributed by atoms with Crippen LogP contribution in [0.2, 0.25) is 0 Å². The van der Waals surface area contributed by atoms with Gasteiger partial charge in [-0.3, -0.25) is 4.90 Å². The third kappa shape index (κ3) is 3.55. The van der Waals surface area contributed by atoms with E-state index < -0.39 is 0 Å². The molecule has 1 N–H and O–H groups in total. The van der Waals surface area contributed by atoms with E-state index in [2.05, 4.69) is 54.8 Å². The first-order valence-corrected chi connectivity index (χ1v) is 7.59. The van der Waals surface area contributed by atoms with Gasteiger partial charge in [0.15, 0.2) is 0 Å². The molecule has 1 aliphatic heterocycles. The minimum absolute atomic E-state index is 0.191. The molecule has 1 aliphatic rings. The second kappa shape index (κ2) is 5.78. The summed E-state index contributed by atoms with van der Waals surface area (Å²) in [5.74, 6) is 0.919. The highest BCUT2D eigenvalue weighted by Gasteiger charge is 2.39. The molecule has 1 saturated heterocycles. The Balaban J connectivity index is 2.18. The fraction of sp³-hybridized carbons (Fsp3) is 0.750. The van der Waals surface area contributed by atoms with Crippen LogP contribution in [-0.2, 0) is 6.54 Å². The van der Waals surface area contributed by atoms with Crippen LogP contribution < -0.4 is 5.32 Å². The summed E-state index contributed by atoms with van der Waals surface area (Å²) in [5, 5.41) is 3.74. The number of rotatable bonds is 3. The van der Waals surface area contributed by atoms with E-state index in [-0.39, 0.29) is 11.0 Å². The summed E-state index contributed by atoms with van der Waals surface area (Å²) in [5.41, 5.74) is 0.438. The van der Waals surface area contributed by atoms with Gasteiger partial charge in [0.2, 0.25) is 0 Å². The van der Waals surface area contributed by atoms with Crippen molar-refractivity contribution < 1.29 is 0 Å². The summed E-state index contributed by atoms with van der Waals surface area (Å²) in [6, 6.07) is 2.38.